The third kappa shape index (κ3) is 2.40. The van der Waals surface area contributed by atoms with Gasteiger partial charge < -0.3 is 9.88 Å². The number of hydrogen-bond donors (Lipinski definition) is 1. The number of hydrogen-bond acceptors (Lipinski definition) is 3. The zero-order valence-electron chi connectivity index (χ0n) is 10.7. The van der Waals surface area contributed by atoms with Crippen molar-refractivity contribution in [2.45, 2.75) is 12.3 Å². The molecule has 1 aliphatic rings. The van der Waals surface area contributed by atoms with Crippen molar-refractivity contribution in [1.29, 1.82) is 0 Å². The summed E-state index contributed by atoms with van der Waals surface area (Å²) in [6.45, 7) is 3.56. The van der Waals surface area contributed by atoms with E-state index in [1.807, 2.05) is 17.8 Å². The highest BCUT2D eigenvalue weighted by molar-refractivity contribution is 7.98. The highest BCUT2D eigenvalue weighted by Crippen LogP contribution is 2.26. The molecule has 1 aromatic carbocycles. The number of H-pyrrole nitrogens is 1. The van der Waals surface area contributed by atoms with Gasteiger partial charge >= 0.3 is 0 Å². The van der Waals surface area contributed by atoms with Gasteiger partial charge in [-0.3, -0.25) is 0 Å². The fourth-order valence-electron chi connectivity index (χ4n) is 2.52. The maximum absolute atomic E-state index is 4.68. The second-order valence-corrected chi connectivity index (χ2v) is 5.93. The van der Waals surface area contributed by atoms with Crippen LogP contribution in [0.5, 0.6) is 0 Å². The average molecular weight is 261 g/mol. The molecule has 1 fully saturated rings. The Labute approximate surface area is 112 Å². The Hall–Kier alpha value is -1.00. The largest absolute Gasteiger partial charge is 0.342 e. The quantitative estimate of drug-likeness (QED) is 0.840. The Balaban J connectivity index is 1.57. The van der Waals surface area contributed by atoms with E-state index in [1.54, 1.807) is 0 Å². The van der Waals surface area contributed by atoms with Gasteiger partial charge in [-0.15, -0.1) is 0 Å². The minimum Gasteiger partial charge on any atom is -0.342 e. The lowest BCUT2D eigenvalue weighted by Crippen LogP contribution is -2.45. The average Bonchev–Trinajstić information content (AvgIpc) is 2.75. The van der Waals surface area contributed by atoms with Gasteiger partial charge in [-0.25, -0.2) is 4.98 Å². The molecule has 0 radical (unpaired) electrons. The zero-order valence-corrected chi connectivity index (χ0v) is 11.5. The molecule has 1 N–H and O–H groups in total. The SMILES string of the molecule is CSCCCN1CC(c2nc3ccccc3[nH]2)C1. The fraction of sp³-hybridized carbons (Fsp3) is 0.500. The fourth-order valence-corrected chi connectivity index (χ4v) is 2.94. The summed E-state index contributed by atoms with van der Waals surface area (Å²) in [5.41, 5.74) is 2.25. The van der Waals surface area contributed by atoms with Crippen LogP contribution in [-0.2, 0) is 0 Å². The normalized spacial score (nSPS) is 17.2. The molecule has 0 spiro atoms. The maximum atomic E-state index is 4.68. The maximum Gasteiger partial charge on any atom is 0.112 e. The lowest BCUT2D eigenvalue weighted by Gasteiger charge is -2.38. The number of para-hydroxylation sites is 2. The van der Waals surface area contributed by atoms with Crippen molar-refractivity contribution in [2.24, 2.45) is 0 Å². The number of benzene rings is 1. The number of thioether (sulfide) groups is 1. The van der Waals surface area contributed by atoms with Crippen LogP contribution >= 0.6 is 11.8 Å². The molecule has 18 heavy (non-hydrogen) atoms. The smallest absolute Gasteiger partial charge is 0.112 e. The molecule has 1 saturated heterocycles. The summed E-state index contributed by atoms with van der Waals surface area (Å²) in [6.07, 6.45) is 3.47. The highest BCUT2D eigenvalue weighted by atomic mass is 32.2. The van der Waals surface area contributed by atoms with E-state index in [2.05, 4.69) is 39.3 Å². The Morgan fingerprint density at radius 1 is 1.39 bits per heavy atom. The number of rotatable bonds is 5. The predicted octanol–water partition coefficient (Wildman–Crippen LogP) is 2.72. The molecule has 1 aliphatic heterocycles. The van der Waals surface area contributed by atoms with Crippen molar-refractivity contribution in [3.05, 3.63) is 30.1 Å². The number of aromatic nitrogens is 2. The van der Waals surface area contributed by atoms with Crippen molar-refractivity contribution >= 4 is 22.8 Å². The van der Waals surface area contributed by atoms with Crippen LogP contribution in [0.4, 0.5) is 0 Å². The van der Waals surface area contributed by atoms with E-state index >= 15 is 0 Å². The van der Waals surface area contributed by atoms with Crippen LogP contribution in [0.3, 0.4) is 0 Å². The van der Waals surface area contributed by atoms with Crippen LogP contribution in [0.2, 0.25) is 0 Å². The van der Waals surface area contributed by atoms with Crippen LogP contribution in [0.15, 0.2) is 24.3 Å². The van der Waals surface area contributed by atoms with E-state index in [-0.39, 0.29) is 0 Å². The number of aromatic amines is 1. The third-order valence-electron chi connectivity index (χ3n) is 3.57. The molecular formula is C14H19N3S. The van der Waals surface area contributed by atoms with Gasteiger partial charge in [0.25, 0.3) is 0 Å². The summed E-state index contributed by atoms with van der Waals surface area (Å²) in [4.78, 5) is 10.6. The first-order valence-electron chi connectivity index (χ1n) is 6.53. The minimum atomic E-state index is 0.603. The monoisotopic (exact) mass is 261 g/mol. The van der Waals surface area contributed by atoms with E-state index in [9.17, 15) is 0 Å². The van der Waals surface area contributed by atoms with Gasteiger partial charge in [0.05, 0.1) is 11.0 Å². The standard InChI is InChI=1S/C14H19N3S/c1-18-8-4-7-17-9-11(10-17)14-15-12-5-2-3-6-13(12)16-14/h2-3,5-6,11H,4,7-10H2,1H3,(H,15,16). The van der Waals surface area contributed by atoms with Gasteiger partial charge in [0.2, 0.25) is 0 Å². The molecule has 0 saturated carbocycles. The van der Waals surface area contributed by atoms with Crippen molar-refractivity contribution < 1.29 is 0 Å². The molecule has 0 unspecified atom stereocenters. The number of imidazole rings is 1. The second kappa shape index (κ2) is 5.33. The van der Waals surface area contributed by atoms with Crippen LogP contribution < -0.4 is 0 Å². The summed E-state index contributed by atoms with van der Waals surface area (Å²) >= 11 is 1.93. The summed E-state index contributed by atoms with van der Waals surface area (Å²) in [6, 6.07) is 8.27. The van der Waals surface area contributed by atoms with Crippen LogP contribution in [0.25, 0.3) is 11.0 Å². The van der Waals surface area contributed by atoms with E-state index in [0.717, 1.165) is 29.9 Å². The summed E-state index contributed by atoms with van der Waals surface area (Å²) < 4.78 is 0. The minimum absolute atomic E-state index is 0.603. The Morgan fingerprint density at radius 2 is 2.22 bits per heavy atom. The lowest BCUT2D eigenvalue weighted by molar-refractivity contribution is 0.145. The van der Waals surface area contributed by atoms with Crippen LogP contribution in [0, 0.1) is 0 Å². The molecule has 96 valence electrons. The molecule has 1 aromatic heterocycles. The first kappa shape index (κ1) is 12.1. The molecule has 0 atom stereocenters. The van der Waals surface area contributed by atoms with Gasteiger partial charge in [0.15, 0.2) is 0 Å². The Morgan fingerprint density at radius 3 is 3.00 bits per heavy atom. The zero-order chi connectivity index (χ0) is 12.4. The molecule has 0 bridgehead atoms. The lowest BCUT2D eigenvalue weighted by atomic mass is 9.99. The molecule has 0 amide bonds. The van der Waals surface area contributed by atoms with Gasteiger partial charge in [-0.05, 0) is 37.1 Å². The van der Waals surface area contributed by atoms with Crippen molar-refractivity contribution in [1.82, 2.24) is 14.9 Å². The van der Waals surface area contributed by atoms with Gasteiger partial charge in [-0.1, -0.05) is 12.1 Å². The molecular weight excluding hydrogens is 242 g/mol. The van der Waals surface area contributed by atoms with Crippen molar-refractivity contribution in [3.8, 4) is 0 Å². The van der Waals surface area contributed by atoms with E-state index in [4.69, 9.17) is 0 Å². The molecule has 2 aromatic rings. The van der Waals surface area contributed by atoms with Crippen molar-refractivity contribution in [3.63, 3.8) is 0 Å². The number of nitrogens with one attached hydrogen (secondary N) is 1. The first-order valence-corrected chi connectivity index (χ1v) is 7.92. The van der Waals surface area contributed by atoms with E-state index < -0.39 is 0 Å². The van der Waals surface area contributed by atoms with Gasteiger partial charge in [0.1, 0.15) is 5.82 Å². The number of likely N-dealkylation sites (tertiary alicyclic amines) is 1. The summed E-state index contributed by atoms with van der Waals surface area (Å²) in [7, 11) is 0. The second-order valence-electron chi connectivity index (χ2n) is 4.94. The Bertz CT molecular complexity index is 483. The summed E-state index contributed by atoms with van der Waals surface area (Å²) in [5, 5.41) is 0. The van der Waals surface area contributed by atoms with Gasteiger partial charge in [0, 0.05) is 19.0 Å². The topological polar surface area (TPSA) is 31.9 Å². The first-order chi connectivity index (χ1) is 8.86. The van der Waals surface area contributed by atoms with Crippen molar-refractivity contribution in [2.75, 3.05) is 31.6 Å². The third-order valence-corrected chi connectivity index (χ3v) is 4.27. The number of nitrogens with zero attached hydrogens (tertiary/aromatic N) is 2. The molecule has 0 aliphatic carbocycles. The Kier molecular flexibility index (Phi) is 3.57. The van der Waals surface area contributed by atoms with Crippen LogP contribution in [-0.4, -0.2) is 46.5 Å². The molecule has 3 nitrogen and oxygen atoms in total. The predicted molar refractivity (Wildman–Crippen MR) is 78.3 cm³/mol. The number of fused-ring (bicyclic) bond motifs is 1. The summed E-state index contributed by atoms with van der Waals surface area (Å²) in [5.74, 6) is 3.04. The molecule has 3 rings (SSSR count). The molecule has 2 heterocycles. The van der Waals surface area contributed by atoms with E-state index in [0.29, 0.717) is 5.92 Å². The van der Waals surface area contributed by atoms with Gasteiger partial charge in [-0.2, -0.15) is 11.8 Å². The molecule has 4 heteroatoms. The van der Waals surface area contributed by atoms with Crippen LogP contribution in [0.1, 0.15) is 18.2 Å². The van der Waals surface area contributed by atoms with E-state index in [1.165, 1.54) is 18.7 Å². The highest BCUT2D eigenvalue weighted by Gasteiger charge is 2.29.